The summed E-state index contributed by atoms with van der Waals surface area (Å²) in [6.45, 7) is 3.73. The maximum absolute atomic E-state index is 5.63. The van der Waals surface area contributed by atoms with E-state index >= 15 is 0 Å². The van der Waals surface area contributed by atoms with E-state index in [1.54, 1.807) is 0 Å². The highest BCUT2D eigenvalue weighted by Gasteiger charge is 2.54. The molecular formula is C20H22N4O2. The number of rotatable bonds is 2. The van der Waals surface area contributed by atoms with Gasteiger partial charge in [0.2, 0.25) is 12.7 Å². The predicted octanol–water partition coefficient (Wildman–Crippen LogP) is 2.27. The van der Waals surface area contributed by atoms with Crippen LogP contribution in [0.1, 0.15) is 24.3 Å². The molecular weight excluding hydrogens is 328 g/mol. The van der Waals surface area contributed by atoms with Crippen molar-refractivity contribution in [3.63, 3.8) is 0 Å². The lowest BCUT2D eigenvalue weighted by molar-refractivity contribution is 0.0353. The summed E-state index contributed by atoms with van der Waals surface area (Å²) in [6, 6.07) is 9.40. The zero-order valence-corrected chi connectivity index (χ0v) is 14.6. The molecule has 3 atom stereocenters. The summed E-state index contributed by atoms with van der Waals surface area (Å²) in [5.41, 5.74) is 1.34. The van der Waals surface area contributed by atoms with E-state index in [0.29, 0.717) is 24.8 Å². The molecule has 6 heterocycles. The van der Waals surface area contributed by atoms with Crippen molar-refractivity contribution in [3.05, 3.63) is 42.2 Å². The SMILES string of the molecule is c1cnc(N2C[C@@H](c3ccc4c(c3)OCO4)[C@@H]3[C@H]2C2CCN3CC2)nc1. The zero-order chi connectivity index (χ0) is 17.1. The van der Waals surface area contributed by atoms with Crippen molar-refractivity contribution in [1.29, 1.82) is 0 Å². The highest BCUT2D eigenvalue weighted by atomic mass is 16.7. The number of hydrogen-bond donors (Lipinski definition) is 0. The number of piperidine rings is 3. The van der Waals surface area contributed by atoms with Gasteiger partial charge in [0.1, 0.15) is 0 Å². The van der Waals surface area contributed by atoms with Crippen molar-refractivity contribution in [2.24, 2.45) is 5.92 Å². The van der Waals surface area contributed by atoms with E-state index in [4.69, 9.17) is 9.47 Å². The molecule has 134 valence electrons. The molecule has 4 saturated heterocycles. The van der Waals surface area contributed by atoms with Gasteiger partial charge in [0, 0.05) is 30.9 Å². The summed E-state index contributed by atoms with van der Waals surface area (Å²) < 4.78 is 11.1. The number of ether oxygens (including phenoxy) is 2. The lowest BCUT2D eigenvalue weighted by Gasteiger charge is -2.51. The van der Waals surface area contributed by atoms with Crippen LogP contribution in [-0.2, 0) is 0 Å². The molecule has 5 aliphatic rings. The van der Waals surface area contributed by atoms with E-state index in [9.17, 15) is 0 Å². The Morgan fingerprint density at radius 3 is 2.62 bits per heavy atom. The molecule has 6 nitrogen and oxygen atoms in total. The minimum absolute atomic E-state index is 0.327. The second-order valence-corrected chi connectivity index (χ2v) is 7.77. The van der Waals surface area contributed by atoms with Crippen molar-refractivity contribution in [3.8, 4) is 11.5 Å². The van der Waals surface area contributed by atoms with Gasteiger partial charge in [-0.15, -0.1) is 0 Å². The molecule has 7 rings (SSSR count). The van der Waals surface area contributed by atoms with Crippen molar-refractivity contribution < 1.29 is 9.47 Å². The molecule has 5 aliphatic heterocycles. The van der Waals surface area contributed by atoms with Crippen LogP contribution in [0.15, 0.2) is 36.7 Å². The molecule has 4 fully saturated rings. The van der Waals surface area contributed by atoms with E-state index < -0.39 is 0 Å². The molecule has 6 heteroatoms. The lowest BCUT2D eigenvalue weighted by Crippen LogP contribution is -2.60. The summed E-state index contributed by atoms with van der Waals surface area (Å²) in [5, 5.41) is 0. The van der Waals surface area contributed by atoms with Gasteiger partial charge >= 0.3 is 0 Å². The first-order chi connectivity index (χ1) is 12.9. The van der Waals surface area contributed by atoms with E-state index in [1.807, 2.05) is 18.5 Å². The Morgan fingerprint density at radius 1 is 0.962 bits per heavy atom. The second-order valence-electron chi connectivity index (χ2n) is 7.77. The molecule has 1 aromatic carbocycles. The van der Waals surface area contributed by atoms with Crippen LogP contribution in [0, 0.1) is 5.92 Å². The maximum atomic E-state index is 5.63. The van der Waals surface area contributed by atoms with Gasteiger partial charge in [-0.2, -0.15) is 0 Å². The number of hydrogen-bond acceptors (Lipinski definition) is 6. The first-order valence-electron chi connectivity index (χ1n) is 9.56. The van der Waals surface area contributed by atoms with Crippen LogP contribution in [0.5, 0.6) is 11.5 Å². The van der Waals surface area contributed by atoms with Crippen molar-refractivity contribution in [1.82, 2.24) is 14.9 Å². The Bertz CT molecular complexity index is 822. The maximum Gasteiger partial charge on any atom is 0.231 e. The van der Waals surface area contributed by atoms with Crippen LogP contribution in [-0.4, -0.2) is 53.4 Å². The van der Waals surface area contributed by atoms with Gasteiger partial charge in [0.05, 0.1) is 6.04 Å². The van der Waals surface area contributed by atoms with E-state index in [2.05, 4.69) is 38.0 Å². The molecule has 0 unspecified atom stereocenters. The van der Waals surface area contributed by atoms with Gasteiger partial charge in [-0.1, -0.05) is 6.07 Å². The zero-order valence-electron chi connectivity index (χ0n) is 14.6. The summed E-state index contributed by atoms with van der Waals surface area (Å²) >= 11 is 0. The van der Waals surface area contributed by atoms with E-state index in [0.717, 1.165) is 29.9 Å². The molecule has 2 bridgehead atoms. The molecule has 0 N–H and O–H groups in total. The predicted molar refractivity (Wildman–Crippen MR) is 96.6 cm³/mol. The van der Waals surface area contributed by atoms with Crippen LogP contribution in [0.25, 0.3) is 0 Å². The van der Waals surface area contributed by atoms with Gasteiger partial charge < -0.3 is 14.4 Å². The van der Waals surface area contributed by atoms with Gasteiger partial charge in [-0.05, 0) is 55.6 Å². The first-order valence-corrected chi connectivity index (χ1v) is 9.56. The third-order valence-corrected chi connectivity index (χ3v) is 6.63. The van der Waals surface area contributed by atoms with Crippen LogP contribution in [0.3, 0.4) is 0 Å². The number of benzene rings is 1. The summed E-state index contributed by atoms with van der Waals surface area (Å²) in [5.74, 6) is 3.80. The molecule has 1 aromatic heterocycles. The van der Waals surface area contributed by atoms with E-state index in [-0.39, 0.29) is 0 Å². The Labute approximate surface area is 152 Å². The minimum Gasteiger partial charge on any atom is -0.454 e. The number of nitrogens with zero attached hydrogens (tertiary/aromatic N) is 4. The Kier molecular flexibility index (Phi) is 3.17. The minimum atomic E-state index is 0.327. The standard InChI is InChI=1S/C20H22N4O2/c1-6-21-20(22-7-1)24-11-15(14-2-3-16-17(10-14)26-12-25-16)19-18(24)13-4-8-23(19)9-5-13/h1-3,6-7,10,13,15,18-19H,4-5,8-9,11-12H2/t15-,18+,19+/m0/s1. The third-order valence-electron chi connectivity index (χ3n) is 6.63. The number of aromatic nitrogens is 2. The Balaban J connectivity index is 1.42. The van der Waals surface area contributed by atoms with Crippen LogP contribution in [0.4, 0.5) is 5.95 Å². The Hall–Kier alpha value is -2.34. The number of fused-ring (bicyclic) bond motifs is 3. The normalized spacial score (nSPS) is 34.2. The monoisotopic (exact) mass is 350 g/mol. The molecule has 0 amide bonds. The smallest absolute Gasteiger partial charge is 0.231 e. The highest BCUT2D eigenvalue weighted by Crippen LogP contribution is 2.48. The van der Waals surface area contributed by atoms with Crippen molar-refractivity contribution >= 4 is 5.95 Å². The van der Waals surface area contributed by atoms with Gasteiger partial charge in [-0.25, -0.2) is 9.97 Å². The first kappa shape index (κ1) is 14.8. The van der Waals surface area contributed by atoms with Crippen molar-refractivity contribution in [2.45, 2.75) is 30.8 Å². The second kappa shape index (κ2) is 5.58. The van der Waals surface area contributed by atoms with Gasteiger partial charge in [-0.3, -0.25) is 4.90 Å². The average molecular weight is 350 g/mol. The molecule has 0 spiro atoms. The molecule has 0 aliphatic carbocycles. The molecule has 0 saturated carbocycles. The fourth-order valence-corrected chi connectivity index (χ4v) is 5.53. The van der Waals surface area contributed by atoms with Gasteiger partial charge in [0.25, 0.3) is 0 Å². The topological polar surface area (TPSA) is 50.7 Å². The van der Waals surface area contributed by atoms with Crippen LogP contribution < -0.4 is 14.4 Å². The summed E-state index contributed by atoms with van der Waals surface area (Å²) in [6.07, 6.45) is 6.29. The summed E-state index contributed by atoms with van der Waals surface area (Å²) in [7, 11) is 0. The largest absolute Gasteiger partial charge is 0.454 e. The average Bonchev–Trinajstić information content (AvgIpc) is 3.35. The molecule has 2 aromatic rings. The van der Waals surface area contributed by atoms with Gasteiger partial charge in [0.15, 0.2) is 11.5 Å². The van der Waals surface area contributed by atoms with Crippen molar-refractivity contribution in [2.75, 3.05) is 31.3 Å². The highest BCUT2D eigenvalue weighted by molar-refractivity contribution is 5.48. The van der Waals surface area contributed by atoms with Crippen LogP contribution >= 0.6 is 0 Å². The molecule has 0 radical (unpaired) electrons. The lowest BCUT2D eigenvalue weighted by atomic mass is 9.75. The Morgan fingerprint density at radius 2 is 1.77 bits per heavy atom. The third kappa shape index (κ3) is 2.08. The quantitative estimate of drug-likeness (QED) is 0.828. The number of anilines is 1. The fourth-order valence-electron chi connectivity index (χ4n) is 5.53. The fraction of sp³-hybridized carbons (Fsp3) is 0.500. The van der Waals surface area contributed by atoms with E-state index in [1.165, 1.54) is 31.5 Å². The summed E-state index contributed by atoms with van der Waals surface area (Å²) in [4.78, 5) is 14.3. The molecule has 26 heavy (non-hydrogen) atoms. The van der Waals surface area contributed by atoms with Crippen LogP contribution in [0.2, 0.25) is 0 Å².